The Hall–Kier alpha value is -1.88. The number of imide groups is 1. The Bertz CT molecular complexity index is 708. The van der Waals surface area contributed by atoms with E-state index in [4.69, 9.17) is 0 Å². The first-order chi connectivity index (χ1) is 13.2. The van der Waals surface area contributed by atoms with Gasteiger partial charge in [0, 0.05) is 25.2 Å². The first kappa shape index (κ1) is 17.2. The van der Waals surface area contributed by atoms with Crippen LogP contribution in [0.3, 0.4) is 0 Å². The lowest BCUT2D eigenvalue weighted by atomic mass is 10.00. The summed E-state index contributed by atoms with van der Waals surface area (Å²) in [6.07, 6.45) is 8.90. The lowest BCUT2D eigenvalue weighted by Gasteiger charge is -2.38. The molecule has 3 amide bonds. The summed E-state index contributed by atoms with van der Waals surface area (Å²) in [5, 5.41) is 0. The highest BCUT2D eigenvalue weighted by Crippen LogP contribution is 2.42. The Balaban J connectivity index is 1.29. The van der Waals surface area contributed by atoms with E-state index in [1.165, 1.54) is 25.7 Å². The van der Waals surface area contributed by atoms with Gasteiger partial charge in [-0.1, -0.05) is 43.2 Å². The molecular weight excluding hydrogens is 338 g/mol. The largest absolute Gasteiger partial charge is 0.328 e. The second-order valence-electron chi connectivity index (χ2n) is 8.62. The van der Waals surface area contributed by atoms with Crippen LogP contribution in [0.25, 0.3) is 0 Å². The van der Waals surface area contributed by atoms with E-state index in [1.54, 1.807) is 4.90 Å². The smallest absolute Gasteiger partial charge is 0.305 e. The van der Waals surface area contributed by atoms with Gasteiger partial charge in [0.2, 0.25) is 0 Å². The molecule has 3 aliphatic heterocycles. The molecule has 27 heavy (non-hydrogen) atoms. The van der Waals surface area contributed by atoms with Crippen molar-refractivity contribution in [1.29, 1.82) is 0 Å². The van der Waals surface area contributed by atoms with Gasteiger partial charge in [0.15, 0.2) is 0 Å². The minimum atomic E-state index is -0.240. The number of hydrogen-bond acceptors (Lipinski definition) is 3. The number of amides is 3. The molecule has 0 radical (unpaired) electrons. The molecule has 0 aromatic heterocycles. The highest BCUT2D eigenvalue weighted by molar-refractivity contribution is 6.05. The molecule has 0 unspecified atom stereocenters. The zero-order valence-corrected chi connectivity index (χ0v) is 15.9. The summed E-state index contributed by atoms with van der Waals surface area (Å²) in [5.41, 5.74) is 1.15. The van der Waals surface area contributed by atoms with Crippen molar-refractivity contribution < 1.29 is 9.59 Å². The molecule has 4 aliphatic rings. The molecule has 4 fully saturated rings. The van der Waals surface area contributed by atoms with Crippen LogP contribution in [-0.4, -0.2) is 57.9 Å². The van der Waals surface area contributed by atoms with E-state index in [-0.39, 0.29) is 30.1 Å². The molecule has 1 aromatic carbocycles. The standard InChI is InChI=1S/C22H29N3O2/c26-21-20-11-10-19(16-6-2-1-3-7-16)25(20)22(27)24(21)18-12-14-23(15-13-18)17-8-4-5-9-17/h1-3,6-7,17-20H,4-5,8-15H2/t19-,20-/m0/s1. The van der Waals surface area contributed by atoms with Gasteiger partial charge in [-0.3, -0.25) is 9.69 Å². The van der Waals surface area contributed by atoms with Gasteiger partial charge in [0.25, 0.3) is 5.91 Å². The number of piperidine rings is 1. The predicted octanol–water partition coefficient (Wildman–Crippen LogP) is 3.56. The zero-order chi connectivity index (χ0) is 18.4. The van der Waals surface area contributed by atoms with Crippen LogP contribution in [0.4, 0.5) is 4.79 Å². The third kappa shape index (κ3) is 2.87. The molecule has 0 N–H and O–H groups in total. The Morgan fingerprint density at radius 1 is 0.741 bits per heavy atom. The summed E-state index contributed by atoms with van der Waals surface area (Å²) in [4.78, 5) is 32.4. The molecular formula is C22H29N3O2. The van der Waals surface area contributed by atoms with Gasteiger partial charge in [-0.15, -0.1) is 0 Å². The maximum absolute atomic E-state index is 13.2. The molecule has 144 valence electrons. The molecule has 5 nitrogen and oxygen atoms in total. The molecule has 2 atom stereocenters. The number of carbonyl (C=O) groups is 2. The average molecular weight is 367 g/mol. The molecule has 1 aromatic rings. The van der Waals surface area contributed by atoms with E-state index in [2.05, 4.69) is 17.0 Å². The fourth-order valence-corrected chi connectivity index (χ4v) is 5.82. The number of nitrogens with zero attached hydrogens (tertiary/aromatic N) is 3. The Morgan fingerprint density at radius 2 is 1.41 bits per heavy atom. The van der Waals surface area contributed by atoms with Gasteiger partial charge < -0.3 is 9.80 Å². The third-order valence-corrected chi connectivity index (χ3v) is 7.22. The Labute approximate surface area is 161 Å². The van der Waals surface area contributed by atoms with Crippen molar-refractivity contribution >= 4 is 11.9 Å². The summed E-state index contributed by atoms with van der Waals surface area (Å²) in [5.74, 6) is 0.0535. The van der Waals surface area contributed by atoms with Crippen LogP contribution < -0.4 is 0 Å². The number of fused-ring (bicyclic) bond motifs is 1. The maximum Gasteiger partial charge on any atom is 0.328 e. The lowest BCUT2D eigenvalue weighted by Crippen LogP contribution is -2.50. The van der Waals surface area contributed by atoms with Gasteiger partial charge in [0.05, 0.1) is 6.04 Å². The van der Waals surface area contributed by atoms with Crippen LogP contribution in [-0.2, 0) is 4.79 Å². The van der Waals surface area contributed by atoms with E-state index in [9.17, 15) is 9.59 Å². The zero-order valence-electron chi connectivity index (χ0n) is 15.9. The second kappa shape index (κ2) is 6.93. The third-order valence-electron chi connectivity index (χ3n) is 7.22. The van der Waals surface area contributed by atoms with Crippen LogP contribution >= 0.6 is 0 Å². The van der Waals surface area contributed by atoms with E-state index < -0.39 is 0 Å². The summed E-state index contributed by atoms with van der Waals surface area (Å²) >= 11 is 0. The van der Waals surface area contributed by atoms with Crippen molar-refractivity contribution in [3.8, 4) is 0 Å². The summed E-state index contributed by atoms with van der Waals surface area (Å²) in [7, 11) is 0. The topological polar surface area (TPSA) is 43.9 Å². The van der Waals surface area contributed by atoms with Crippen LogP contribution in [0.5, 0.6) is 0 Å². The van der Waals surface area contributed by atoms with Gasteiger partial charge in [-0.25, -0.2) is 4.79 Å². The SMILES string of the molecule is O=C1[C@@H]2CC[C@@H](c3ccccc3)N2C(=O)N1C1CCN(C2CCCC2)CC1. The van der Waals surface area contributed by atoms with Gasteiger partial charge in [0.1, 0.15) is 6.04 Å². The first-order valence-corrected chi connectivity index (χ1v) is 10.7. The molecule has 1 aliphatic carbocycles. The number of urea groups is 1. The Kier molecular flexibility index (Phi) is 4.43. The number of carbonyl (C=O) groups excluding carboxylic acids is 2. The number of likely N-dealkylation sites (tertiary alicyclic amines) is 1. The number of rotatable bonds is 3. The number of benzene rings is 1. The molecule has 5 rings (SSSR count). The van der Waals surface area contributed by atoms with Gasteiger partial charge in [-0.2, -0.15) is 0 Å². The van der Waals surface area contributed by atoms with E-state index >= 15 is 0 Å². The predicted molar refractivity (Wildman–Crippen MR) is 103 cm³/mol. The normalized spacial score (nSPS) is 30.5. The molecule has 0 spiro atoms. The van der Waals surface area contributed by atoms with Crippen LogP contribution in [0, 0.1) is 0 Å². The van der Waals surface area contributed by atoms with Crippen molar-refractivity contribution in [3.63, 3.8) is 0 Å². The average Bonchev–Trinajstić information content (AvgIpc) is 3.43. The van der Waals surface area contributed by atoms with Crippen LogP contribution in [0.2, 0.25) is 0 Å². The highest BCUT2D eigenvalue weighted by Gasteiger charge is 2.54. The lowest BCUT2D eigenvalue weighted by molar-refractivity contribution is -0.130. The van der Waals surface area contributed by atoms with Crippen LogP contribution in [0.1, 0.15) is 63.0 Å². The molecule has 0 bridgehead atoms. The fraction of sp³-hybridized carbons (Fsp3) is 0.636. The maximum atomic E-state index is 13.2. The second-order valence-corrected chi connectivity index (χ2v) is 8.62. The van der Waals surface area contributed by atoms with E-state index in [0.29, 0.717) is 0 Å². The molecule has 3 saturated heterocycles. The highest BCUT2D eigenvalue weighted by atomic mass is 16.2. The van der Waals surface area contributed by atoms with Crippen molar-refractivity contribution in [1.82, 2.24) is 14.7 Å². The first-order valence-electron chi connectivity index (χ1n) is 10.7. The molecule has 3 heterocycles. The quantitative estimate of drug-likeness (QED) is 0.767. The van der Waals surface area contributed by atoms with Gasteiger partial charge in [-0.05, 0) is 44.1 Å². The van der Waals surface area contributed by atoms with Crippen molar-refractivity contribution in [2.45, 2.75) is 75.5 Å². The van der Waals surface area contributed by atoms with E-state index in [0.717, 1.165) is 50.4 Å². The minimum Gasteiger partial charge on any atom is -0.305 e. The summed E-state index contributed by atoms with van der Waals surface area (Å²) in [6, 6.07) is 10.8. The summed E-state index contributed by atoms with van der Waals surface area (Å²) < 4.78 is 0. The minimum absolute atomic E-state index is 0.0457. The monoisotopic (exact) mass is 367 g/mol. The van der Waals surface area contributed by atoms with Crippen molar-refractivity contribution in [2.75, 3.05) is 13.1 Å². The van der Waals surface area contributed by atoms with Crippen LogP contribution in [0.15, 0.2) is 30.3 Å². The van der Waals surface area contributed by atoms with E-state index in [1.807, 2.05) is 23.1 Å². The van der Waals surface area contributed by atoms with Crippen molar-refractivity contribution in [3.05, 3.63) is 35.9 Å². The van der Waals surface area contributed by atoms with Gasteiger partial charge >= 0.3 is 6.03 Å². The fourth-order valence-electron chi connectivity index (χ4n) is 5.82. The molecule has 5 heteroatoms. The van der Waals surface area contributed by atoms with Crippen molar-refractivity contribution in [2.24, 2.45) is 0 Å². The summed E-state index contributed by atoms with van der Waals surface area (Å²) in [6.45, 7) is 2.05. The molecule has 1 saturated carbocycles. The Morgan fingerprint density at radius 3 is 2.11 bits per heavy atom. The number of hydrogen-bond donors (Lipinski definition) is 0.